The van der Waals surface area contributed by atoms with Gasteiger partial charge in [0.25, 0.3) is 0 Å². The van der Waals surface area contributed by atoms with Crippen molar-refractivity contribution in [2.45, 2.75) is 33.2 Å². The van der Waals surface area contributed by atoms with Crippen LogP contribution in [0.4, 0.5) is 5.69 Å². The van der Waals surface area contributed by atoms with Gasteiger partial charge in [-0.2, -0.15) is 0 Å². The molecular weight excluding hydrogens is 256 g/mol. The van der Waals surface area contributed by atoms with Crippen molar-refractivity contribution < 1.29 is 14.3 Å². The Bertz CT molecular complexity index is 460. The normalized spacial score (nSPS) is 11.8. The maximum atomic E-state index is 11.8. The average Bonchev–Trinajstić information content (AvgIpc) is 2.45. The summed E-state index contributed by atoms with van der Waals surface area (Å²) < 4.78 is 4.96. The number of hydrogen-bond acceptors (Lipinski definition) is 4. The number of carbonyl (C=O) groups excluding carboxylic acids is 2. The molecule has 1 rings (SSSR count). The molecule has 0 aliphatic carbocycles. The van der Waals surface area contributed by atoms with Gasteiger partial charge in [-0.25, -0.2) is 4.79 Å². The second-order valence-corrected chi connectivity index (χ2v) is 4.50. The van der Waals surface area contributed by atoms with E-state index in [0.717, 1.165) is 6.42 Å². The van der Waals surface area contributed by atoms with E-state index in [1.54, 1.807) is 31.2 Å². The molecule has 0 saturated carbocycles. The third-order valence-corrected chi connectivity index (χ3v) is 2.92. The first kappa shape index (κ1) is 16.2. The van der Waals surface area contributed by atoms with E-state index >= 15 is 0 Å². The third kappa shape index (κ3) is 5.01. The van der Waals surface area contributed by atoms with Crippen molar-refractivity contribution in [2.75, 3.05) is 18.5 Å². The van der Waals surface area contributed by atoms with Crippen molar-refractivity contribution in [3.8, 4) is 0 Å². The number of hydrogen-bond donors (Lipinski definition) is 2. The maximum absolute atomic E-state index is 11.8. The van der Waals surface area contributed by atoms with E-state index in [2.05, 4.69) is 10.6 Å². The first-order valence-corrected chi connectivity index (χ1v) is 6.87. The summed E-state index contributed by atoms with van der Waals surface area (Å²) in [5, 5.41) is 5.82. The Kier molecular flexibility index (Phi) is 6.73. The topological polar surface area (TPSA) is 67.4 Å². The minimum Gasteiger partial charge on any atom is -0.462 e. The van der Waals surface area contributed by atoms with E-state index in [4.69, 9.17) is 4.74 Å². The van der Waals surface area contributed by atoms with E-state index in [1.165, 1.54) is 0 Å². The first-order valence-electron chi connectivity index (χ1n) is 6.87. The molecule has 2 N–H and O–H groups in total. The molecule has 0 saturated heterocycles. The number of para-hydroxylation sites is 1. The molecule has 0 radical (unpaired) electrons. The molecule has 5 nitrogen and oxygen atoms in total. The Morgan fingerprint density at radius 3 is 2.60 bits per heavy atom. The Labute approximate surface area is 119 Å². The van der Waals surface area contributed by atoms with Gasteiger partial charge in [0.05, 0.1) is 24.4 Å². The lowest BCUT2D eigenvalue weighted by atomic mass is 10.2. The molecule has 0 fully saturated rings. The molecule has 0 aromatic heterocycles. The molecule has 20 heavy (non-hydrogen) atoms. The van der Waals surface area contributed by atoms with Crippen LogP contribution in [0.1, 0.15) is 37.6 Å². The monoisotopic (exact) mass is 278 g/mol. The summed E-state index contributed by atoms with van der Waals surface area (Å²) in [6, 6.07) is 7.10. The van der Waals surface area contributed by atoms with Crippen LogP contribution < -0.4 is 10.6 Å². The van der Waals surface area contributed by atoms with Crippen LogP contribution in [0.2, 0.25) is 0 Å². The van der Waals surface area contributed by atoms with Crippen molar-refractivity contribution in [1.29, 1.82) is 0 Å². The van der Waals surface area contributed by atoms with Crippen LogP contribution in [0.5, 0.6) is 0 Å². The summed E-state index contributed by atoms with van der Waals surface area (Å²) in [5.41, 5.74) is 0.841. The average molecular weight is 278 g/mol. The molecule has 0 heterocycles. The third-order valence-electron chi connectivity index (χ3n) is 2.92. The number of rotatable bonds is 7. The van der Waals surface area contributed by atoms with Gasteiger partial charge in [0.15, 0.2) is 0 Å². The minimum absolute atomic E-state index is 0.179. The Morgan fingerprint density at radius 1 is 1.25 bits per heavy atom. The zero-order valence-corrected chi connectivity index (χ0v) is 12.2. The summed E-state index contributed by atoms with van der Waals surface area (Å²) in [4.78, 5) is 23.6. The number of benzene rings is 1. The number of nitrogens with one attached hydrogen (secondary N) is 2. The molecule has 1 atom stereocenters. The highest BCUT2D eigenvalue weighted by Crippen LogP contribution is 2.16. The van der Waals surface area contributed by atoms with Gasteiger partial charge in [0.2, 0.25) is 5.91 Å². The van der Waals surface area contributed by atoms with Crippen molar-refractivity contribution >= 4 is 17.6 Å². The number of anilines is 1. The largest absolute Gasteiger partial charge is 0.462 e. The fourth-order valence-electron chi connectivity index (χ4n) is 1.58. The zero-order chi connectivity index (χ0) is 15.0. The van der Waals surface area contributed by atoms with Crippen LogP contribution >= 0.6 is 0 Å². The second kappa shape index (κ2) is 8.32. The molecule has 0 aliphatic heterocycles. The van der Waals surface area contributed by atoms with Crippen molar-refractivity contribution in [1.82, 2.24) is 5.32 Å². The number of esters is 1. The molecule has 0 bridgehead atoms. The van der Waals surface area contributed by atoms with Crippen molar-refractivity contribution in [3.63, 3.8) is 0 Å². The Balaban J connectivity index is 2.67. The molecule has 1 amide bonds. The van der Waals surface area contributed by atoms with E-state index in [1.807, 2.05) is 13.8 Å². The van der Waals surface area contributed by atoms with Crippen LogP contribution in [0.25, 0.3) is 0 Å². The van der Waals surface area contributed by atoms with Crippen LogP contribution in [-0.2, 0) is 9.53 Å². The van der Waals surface area contributed by atoms with Gasteiger partial charge in [-0.05, 0) is 32.4 Å². The van der Waals surface area contributed by atoms with Gasteiger partial charge in [-0.15, -0.1) is 0 Å². The second-order valence-electron chi connectivity index (χ2n) is 4.50. The van der Waals surface area contributed by atoms with E-state index in [-0.39, 0.29) is 18.5 Å². The molecular formula is C15H22N2O3. The zero-order valence-electron chi connectivity index (χ0n) is 12.2. The Hall–Kier alpha value is -1.88. The van der Waals surface area contributed by atoms with Gasteiger partial charge < -0.3 is 15.4 Å². The molecule has 0 aliphatic rings. The lowest BCUT2D eigenvalue weighted by Crippen LogP contribution is -2.34. The Morgan fingerprint density at radius 2 is 1.95 bits per heavy atom. The quantitative estimate of drug-likeness (QED) is 0.750. The molecule has 1 aromatic rings. The molecule has 1 aromatic carbocycles. The summed E-state index contributed by atoms with van der Waals surface area (Å²) in [6.45, 7) is 6.32. The van der Waals surface area contributed by atoms with E-state index < -0.39 is 5.97 Å². The maximum Gasteiger partial charge on any atom is 0.340 e. The predicted molar refractivity (Wildman–Crippen MR) is 78.8 cm³/mol. The van der Waals surface area contributed by atoms with Crippen molar-refractivity contribution in [2.24, 2.45) is 0 Å². The lowest BCUT2D eigenvalue weighted by Gasteiger charge is -2.13. The van der Waals surface area contributed by atoms with E-state index in [0.29, 0.717) is 17.9 Å². The minimum atomic E-state index is -0.432. The van der Waals surface area contributed by atoms with Gasteiger partial charge in [-0.3, -0.25) is 4.79 Å². The first-order chi connectivity index (χ1) is 9.58. The summed E-state index contributed by atoms with van der Waals surface area (Å²) in [6.07, 6.45) is 0.951. The predicted octanol–water partition coefficient (Wildman–Crippen LogP) is 2.19. The van der Waals surface area contributed by atoms with Gasteiger partial charge in [0, 0.05) is 6.04 Å². The van der Waals surface area contributed by atoms with Gasteiger partial charge >= 0.3 is 5.97 Å². The molecule has 110 valence electrons. The number of carbonyl (C=O) groups is 2. The summed E-state index contributed by atoms with van der Waals surface area (Å²) in [5.74, 6) is -0.611. The fourth-order valence-corrected chi connectivity index (χ4v) is 1.58. The van der Waals surface area contributed by atoms with E-state index in [9.17, 15) is 9.59 Å². The highest BCUT2D eigenvalue weighted by molar-refractivity contribution is 6.01. The number of amides is 1. The van der Waals surface area contributed by atoms with Crippen LogP contribution in [0.15, 0.2) is 24.3 Å². The molecule has 5 heteroatoms. The highest BCUT2D eigenvalue weighted by Gasteiger charge is 2.13. The number of ether oxygens (including phenoxy) is 1. The molecule has 1 unspecified atom stereocenters. The highest BCUT2D eigenvalue weighted by atomic mass is 16.5. The summed E-state index contributed by atoms with van der Waals surface area (Å²) in [7, 11) is 0. The SMILES string of the molecule is CCOC(=O)c1ccccc1NC(=O)CNC(C)CC. The molecule has 0 spiro atoms. The van der Waals surface area contributed by atoms with Crippen LogP contribution in [-0.4, -0.2) is 31.1 Å². The summed E-state index contributed by atoms with van der Waals surface area (Å²) >= 11 is 0. The fraction of sp³-hybridized carbons (Fsp3) is 0.467. The smallest absolute Gasteiger partial charge is 0.340 e. The van der Waals surface area contributed by atoms with Crippen LogP contribution in [0, 0.1) is 0 Å². The van der Waals surface area contributed by atoms with Crippen LogP contribution in [0.3, 0.4) is 0 Å². The lowest BCUT2D eigenvalue weighted by molar-refractivity contribution is -0.115. The van der Waals surface area contributed by atoms with Gasteiger partial charge in [0.1, 0.15) is 0 Å². The standard InChI is InChI=1S/C15H22N2O3/c1-4-11(3)16-10-14(18)17-13-9-7-6-8-12(13)15(19)20-5-2/h6-9,11,16H,4-5,10H2,1-3H3,(H,17,18). The van der Waals surface area contributed by atoms with Gasteiger partial charge in [-0.1, -0.05) is 19.1 Å². The van der Waals surface area contributed by atoms with Crippen molar-refractivity contribution in [3.05, 3.63) is 29.8 Å².